The van der Waals surface area contributed by atoms with Crippen LogP contribution in [0.15, 0.2) is 34.6 Å². The molecule has 0 aromatic heterocycles. The largest absolute Gasteiger partial charge is 0.493 e. The maximum Gasteiger partial charge on any atom is 0.208 e. The predicted molar refractivity (Wildman–Crippen MR) is 97.3 cm³/mol. The highest BCUT2D eigenvalue weighted by atomic mass is 35.5. The first-order valence-corrected chi connectivity index (χ1v) is 9.10. The Labute approximate surface area is 158 Å². The van der Waals surface area contributed by atoms with Crippen LogP contribution >= 0.6 is 11.6 Å². The van der Waals surface area contributed by atoms with Crippen LogP contribution in [0.1, 0.15) is 34.1 Å². The van der Waals surface area contributed by atoms with E-state index in [-0.39, 0.29) is 17.6 Å². The monoisotopic (exact) mass is 386 g/mol. The molecule has 7 heteroatoms. The zero-order chi connectivity index (χ0) is 19.9. The number of aliphatic hydroxyl groups is 4. The van der Waals surface area contributed by atoms with Gasteiger partial charge in [-0.1, -0.05) is 31.9 Å². The molecular weight excluding hydrogens is 360 g/mol. The molecule has 0 fully saturated rings. The van der Waals surface area contributed by atoms with Crippen molar-refractivity contribution in [3.63, 3.8) is 0 Å². The lowest BCUT2D eigenvalue weighted by Crippen LogP contribution is -2.55. The number of allylic oxidation sites excluding steroid dienone is 2. The van der Waals surface area contributed by atoms with Gasteiger partial charge in [0, 0.05) is 5.92 Å². The molecule has 0 bridgehead atoms. The molecule has 1 heterocycles. The number of ether oxygens (including phenoxy) is 1. The van der Waals surface area contributed by atoms with Crippen molar-refractivity contribution in [2.45, 2.75) is 57.5 Å². The van der Waals surface area contributed by atoms with Crippen molar-refractivity contribution < 1.29 is 30.0 Å². The quantitative estimate of drug-likeness (QED) is 0.569. The lowest BCUT2D eigenvalue weighted by Gasteiger charge is -2.40. The Morgan fingerprint density at radius 2 is 2.15 bits per heavy atom. The molecule has 0 saturated heterocycles. The third kappa shape index (κ3) is 3.75. The Morgan fingerprint density at radius 3 is 2.73 bits per heavy atom. The summed E-state index contributed by atoms with van der Waals surface area (Å²) in [5, 5.41) is 41.0. The van der Waals surface area contributed by atoms with E-state index in [2.05, 4.69) is 0 Å². The lowest BCUT2D eigenvalue weighted by molar-refractivity contribution is -0.150. The topological polar surface area (TPSA) is 107 Å². The van der Waals surface area contributed by atoms with Crippen LogP contribution in [0.5, 0.6) is 0 Å². The fourth-order valence-corrected chi connectivity index (χ4v) is 3.58. The Balaban J connectivity index is 2.29. The van der Waals surface area contributed by atoms with Gasteiger partial charge in [0.1, 0.15) is 17.5 Å². The number of aliphatic hydroxyl groups excluding tert-OH is 2. The molecule has 0 unspecified atom stereocenters. The molecule has 0 radical (unpaired) electrons. The smallest absolute Gasteiger partial charge is 0.208 e. The molecule has 2 rings (SSSR count). The van der Waals surface area contributed by atoms with Crippen molar-refractivity contribution in [2.75, 3.05) is 6.61 Å². The van der Waals surface area contributed by atoms with Gasteiger partial charge in [-0.2, -0.15) is 0 Å². The van der Waals surface area contributed by atoms with Gasteiger partial charge in [0.2, 0.25) is 5.78 Å². The number of carbonyl (C=O) groups excluding carboxylic acids is 1. The van der Waals surface area contributed by atoms with E-state index in [4.69, 9.17) is 16.3 Å². The summed E-state index contributed by atoms with van der Waals surface area (Å²) in [6, 6.07) is 0. The zero-order valence-corrected chi connectivity index (χ0v) is 16.2. The Kier molecular flexibility index (Phi) is 6.05. The minimum absolute atomic E-state index is 0.0301. The number of carbonyl (C=O) groups is 1. The summed E-state index contributed by atoms with van der Waals surface area (Å²) in [5.41, 5.74) is -3.02. The summed E-state index contributed by atoms with van der Waals surface area (Å²) < 4.78 is 5.56. The second kappa shape index (κ2) is 7.44. The van der Waals surface area contributed by atoms with Crippen molar-refractivity contribution in [1.29, 1.82) is 0 Å². The molecule has 1 aliphatic carbocycles. The standard InChI is InChI=1S/C19H27ClO6/c1-5-10(2)15(21)18(3,24)7-6-11-8-12-13(9-26-11)16(22)19(4,25)17(23)14(12)20/h6-8,10,13,15-16,21-22,24-25H,5,9H2,1-4H3/b7-6+/t10-,13-,15+,16-,18-,19+/m1/s1. The molecule has 4 N–H and O–H groups in total. The zero-order valence-electron chi connectivity index (χ0n) is 15.4. The predicted octanol–water partition coefficient (Wildman–Crippen LogP) is 1.42. The van der Waals surface area contributed by atoms with Gasteiger partial charge in [0.15, 0.2) is 5.60 Å². The van der Waals surface area contributed by atoms with E-state index in [0.29, 0.717) is 17.8 Å². The van der Waals surface area contributed by atoms with Crippen LogP contribution in [0.2, 0.25) is 0 Å². The van der Waals surface area contributed by atoms with E-state index in [1.807, 2.05) is 13.8 Å². The van der Waals surface area contributed by atoms with E-state index in [1.54, 1.807) is 0 Å². The number of rotatable bonds is 5. The van der Waals surface area contributed by atoms with Crippen LogP contribution in [-0.4, -0.2) is 56.2 Å². The molecule has 2 aliphatic rings. The van der Waals surface area contributed by atoms with E-state index < -0.39 is 35.1 Å². The second-order valence-electron chi connectivity index (χ2n) is 7.54. The summed E-state index contributed by atoms with van der Waals surface area (Å²) in [5.74, 6) is -1.12. The van der Waals surface area contributed by atoms with Crippen LogP contribution < -0.4 is 0 Å². The van der Waals surface area contributed by atoms with E-state index in [1.165, 1.54) is 32.1 Å². The number of ketones is 1. The normalized spacial score (nSPS) is 34.0. The van der Waals surface area contributed by atoms with Crippen molar-refractivity contribution in [3.05, 3.63) is 34.6 Å². The van der Waals surface area contributed by atoms with E-state index >= 15 is 0 Å². The Morgan fingerprint density at radius 1 is 1.54 bits per heavy atom. The molecule has 6 atom stereocenters. The first kappa shape index (κ1) is 21.1. The third-order valence-corrected chi connectivity index (χ3v) is 5.75. The van der Waals surface area contributed by atoms with Gasteiger partial charge in [0.25, 0.3) is 0 Å². The maximum atomic E-state index is 12.2. The van der Waals surface area contributed by atoms with Crippen LogP contribution in [0.3, 0.4) is 0 Å². The van der Waals surface area contributed by atoms with Crippen molar-refractivity contribution >= 4 is 17.4 Å². The average Bonchev–Trinajstić information content (AvgIpc) is 2.61. The SMILES string of the molecule is CC[C@@H](C)[C@H](O)[C@](C)(O)/C=C/C1=CC2=C(Cl)C(=O)[C@@](C)(O)[C@H](O)[C@@H]2CO1. The second-order valence-corrected chi connectivity index (χ2v) is 7.92. The first-order chi connectivity index (χ1) is 11.9. The number of hydrogen-bond acceptors (Lipinski definition) is 6. The van der Waals surface area contributed by atoms with Crippen LogP contribution in [-0.2, 0) is 9.53 Å². The molecular formula is C19H27ClO6. The van der Waals surface area contributed by atoms with Gasteiger partial charge in [-0.15, -0.1) is 0 Å². The molecule has 0 amide bonds. The Hall–Kier alpha value is -1.18. The van der Waals surface area contributed by atoms with Crippen LogP contribution in [0.4, 0.5) is 0 Å². The van der Waals surface area contributed by atoms with Crippen molar-refractivity contribution in [2.24, 2.45) is 11.8 Å². The molecule has 0 saturated carbocycles. The van der Waals surface area contributed by atoms with Gasteiger partial charge < -0.3 is 25.2 Å². The molecule has 1 aliphatic heterocycles. The van der Waals surface area contributed by atoms with Gasteiger partial charge in [-0.3, -0.25) is 4.79 Å². The van der Waals surface area contributed by atoms with Gasteiger partial charge >= 0.3 is 0 Å². The molecule has 146 valence electrons. The molecule has 0 spiro atoms. The Bertz CT molecular complexity index is 661. The minimum atomic E-state index is -1.96. The number of hydrogen-bond donors (Lipinski definition) is 4. The summed E-state index contributed by atoms with van der Waals surface area (Å²) in [6.07, 6.45) is 2.88. The number of Topliss-reactive ketones (excluding diaryl/α,β-unsaturated/α-hetero) is 1. The highest BCUT2D eigenvalue weighted by Crippen LogP contribution is 2.40. The van der Waals surface area contributed by atoms with Crippen LogP contribution in [0.25, 0.3) is 0 Å². The maximum absolute atomic E-state index is 12.2. The van der Waals surface area contributed by atoms with E-state index in [0.717, 1.165) is 0 Å². The van der Waals surface area contributed by atoms with Gasteiger partial charge in [-0.05, 0) is 43.6 Å². The molecule has 6 nitrogen and oxygen atoms in total. The van der Waals surface area contributed by atoms with Gasteiger partial charge in [-0.25, -0.2) is 0 Å². The van der Waals surface area contributed by atoms with Crippen LogP contribution in [0, 0.1) is 11.8 Å². The summed E-state index contributed by atoms with van der Waals surface area (Å²) >= 11 is 6.10. The summed E-state index contributed by atoms with van der Waals surface area (Å²) in [6.45, 7) is 6.53. The highest BCUT2D eigenvalue weighted by molar-refractivity contribution is 6.44. The summed E-state index contributed by atoms with van der Waals surface area (Å²) in [4.78, 5) is 12.2. The first-order valence-electron chi connectivity index (χ1n) is 8.72. The van der Waals surface area contributed by atoms with Crippen molar-refractivity contribution in [3.8, 4) is 0 Å². The van der Waals surface area contributed by atoms with Crippen molar-refractivity contribution in [1.82, 2.24) is 0 Å². The number of fused-ring (bicyclic) bond motifs is 1. The van der Waals surface area contributed by atoms with E-state index in [9.17, 15) is 25.2 Å². The fourth-order valence-electron chi connectivity index (χ4n) is 3.19. The average molecular weight is 387 g/mol. The molecule has 26 heavy (non-hydrogen) atoms. The third-order valence-electron chi connectivity index (χ3n) is 5.36. The summed E-state index contributed by atoms with van der Waals surface area (Å²) in [7, 11) is 0. The van der Waals surface area contributed by atoms with Gasteiger partial charge in [0.05, 0.1) is 17.7 Å². The number of halogens is 1. The molecule has 0 aromatic rings. The highest BCUT2D eigenvalue weighted by Gasteiger charge is 2.50. The fraction of sp³-hybridized carbons (Fsp3) is 0.632. The molecule has 0 aromatic carbocycles. The minimum Gasteiger partial charge on any atom is -0.493 e. The lowest BCUT2D eigenvalue weighted by atomic mass is 9.75.